The summed E-state index contributed by atoms with van der Waals surface area (Å²) in [6.07, 6.45) is 1.41. The predicted molar refractivity (Wildman–Crippen MR) is 130 cm³/mol. The third-order valence-corrected chi connectivity index (χ3v) is 6.04. The molecule has 0 radical (unpaired) electrons. The molecule has 1 saturated heterocycles. The Morgan fingerprint density at radius 3 is 2.27 bits per heavy atom. The lowest BCUT2D eigenvalue weighted by Gasteiger charge is -2.26. The van der Waals surface area contributed by atoms with E-state index >= 15 is 0 Å². The van der Waals surface area contributed by atoms with Gasteiger partial charge < -0.3 is 4.74 Å². The zero-order valence-electron chi connectivity index (χ0n) is 16.8. The summed E-state index contributed by atoms with van der Waals surface area (Å²) in [4.78, 5) is 38.5. The number of hydrogen-bond acceptors (Lipinski definition) is 4. The smallest absolute Gasteiger partial charge is 0.335 e. The second kappa shape index (κ2) is 9.79. The summed E-state index contributed by atoms with van der Waals surface area (Å²) in [5.74, 6) is -0.915. The highest BCUT2D eigenvalue weighted by molar-refractivity contribution is 9.10. The molecule has 0 saturated carbocycles. The molecule has 1 N–H and O–H groups in total. The average molecular weight is 546 g/mol. The van der Waals surface area contributed by atoms with Crippen LogP contribution >= 0.6 is 39.1 Å². The number of rotatable bonds is 5. The van der Waals surface area contributed by atoms with E-state index in [2.05, 4.69) is 21.2 Å². The van der Waals surface area contributed by atoms with Crippen LogP contribution in [0.25, 0.3) is 6.08 Å². The summed E-state index contributed by atoms with van der Waals surface area (Å²) in [5.41, 5.74) is 1.61. The number of anilines is 1. The van der Waals surface area contributed by atoms with Gasteiger partial charge in [0, 0.05) is 4.47 Å². The van der Waals surface area contributed by atoms with E-state index in [0.717, 1.165) is 14.9 Å². The van der Waals surface area contributed by atoms with Crippen LogP contribution in [0, 0.1) is 0 Å². The Hall–Kier alpha value is -3.13. The number of imide groups is 2. The molecule has 9 heteroatoms. The summed E-state index contributed by atoms with van der Waals surface area (Å²) >= 11 is 15.3. The monoisotopic (exact) mass is 544 g/mol. The minimum Gasteiger partial charge on any atom is -0.489 e. The van der Waals surface area contributed by atoms with Crippen molar-refractivity contribution < 1.29 is 19.1 Å². The van der Waals surface area contributed by atoms with Crippen LogP contribution in [0.5, 0.6) is 5.75 Å². The van der Waals surface area contributed by atoms with Crippen molar-refractivity contribution in [3.63, 3.8) is 0 Å². The molecule has 3 aromatic carbocycles. The number of barbiturate groups is 1. The Morgan fingerprint density at radius 1 is 0.909 bits per heavy atom. The summed E-state index contributed by atoms with van der Waals surface area (Å²) < 4.78 is 6.76. The number of amides is 4. The maximum atomic E-state index is 13.0. The van der Waals surface area contributed by atoms with Gasteiger partial charge in [0.2, 0.25) is 0 Å². The number of nitrogens with one attached hydrogen (secondary N) is 1. The minimum absolute atomic E-state index is 0.177. The number of benzene rings is 3. The molecule has 0 spiro atoms. The molecule has 33 heavy (non-hydrogen) atoms. The number of nitrogens with zero attached hydrogens (tertiary/aromatic N) is 1. The number of halogens is 3. The van der Waals surface area contributed by atoms with Crippen LogP contribution in [0.4, 0.5) is 10.5 Å². The van der Waals surface area contributed by atoms with E-state index in [1.54, 1.807) is 24.3 Å². The third kappa shape index (κ3) is 5.27. The highest BCUT2D eigenvalue weighted by Crippen LogP contribution is 2.29. The first-order chi connectivity index (χ1) is 15.8. The van der Waals surface area contributed by atoms with Crippen molar-refractivity contribution in [2.45, 2.75) is 6.61 Å². The average Bonchev–Trinajstić information content (AvgIpc) is 2.79. The molecule has 1 heterocycles. The number of carbonyl (C=O) groups excluding carboxylic acids is 3. The number of ether oxygens (including phenoxy) is 1. The van der Waals surface area contributed by atoms with Crippen molar-refractivity contribution in [1.29, 1.82) is 0 Å². The molecule has 0 atom stereocenters. The second-order valence-electron chi connectivity index (χ2n) is 7.04. The lowest BCUT2D eigenvalue weighted by molar-refractivity contribution is -0.122. The Balaban J connectivity index is 1.52. The van der Waals surface area contributed by atoms with Crippen LogP contribution < -0.4 is 15.0 Å². The summed E-state index contributed by atoms with van der Waals surface area (Å²) in [6, 6.07) is 18.1. The SMILES string of the molecule is O=C1NC(=O)N(c2ccc(Cl)c(Cl)c2)C(=O)/C1=C/c1ccc(OCc2ccc(Br)cc2)cc1. The van der Waals surface area contributed by atoms with Crippen molar-refractivity contribution in [2.24, 2.45) is 0 Å². The van der Waals surface area contributed by atoms with Crippen LogP contribution in [0.3, 0.4) is 0 Å². The molecule has 4 rings (SSSR count). The molecule has 1 aliphatic heterocycles. The number of hydrogen-bond donors (Lipinski definition) is 1. The molecule has 0 aromatic heterocycles. The fraction of sp³-hybridized carbons (Fsp3) is 0.0417. The number of urea groups is 1. The van der Waals surface area contributed by atoms with Crippen molar-refractivity contribution in [3.8, 4) is 5.75 Å². The van der Waals surface area contributed by atoms with Crippen LogP contribution in [0.2, 0.25) is 10.0 Å². The van der Waals surface area contributed by atoms with Crippen LogP contribution in [0.1, 0.15) is 11.1 Å². The Labute approximate surface area is 207 Å². The minimum atomic E-state index is -0.864. The van der Waals surface area contributed by atoms with Gasteiger partial charge in [0.05, 0.1) is 15.7 Å². The Morgan fingerprint density at radius 2 is 1.61 bits per heavy atom. The first kappa shape index (κ1) is 23.0. The maximum absolute atomic E-state index is 13.0. The van der Waals surface area contributed by atoms with Crippen LogP contribution in [0.15, 0.2) is 76.8 Å². The summed E-state index contributed by atoms with van der Waals surface area (Å²) in [7, 11) is 0. The number of carbonyl (C=O) groups is 3. The Kier molecular flexibility index (Phi) is 6.83. The normalized spacial score (nSPS) is 15.1. The molecule has 1 fully saturated rings. The van der Waals surface area contributed by atoms with Gasteiger partial charge in [0.1, 0.15) is 17.9 Å². The predicted octanol–water partition coefficient (Wildman–Crippen LogP) is 6.00. The second-order valence-corrected chi connectivity index (χ2v) is 8.77. The lowest BCUT2D eigenvalue weighted by atomic mass is 10.1. The van der Waals surface area contributed by atoms with Crippen LogP contribution in [-0.2, 0) is 16.2 Å². The van der Waals surface area contributed by atoms with E-state index in [1.165, 1.54) is 24.3 Å². The van der Waals surface area contributed by atoms with Crippen molar-refractivity contribution in [1.82, 2.24) is 5.32 Å². The largest absolute Gasteiger partial charge is 0.489 e. The van der Waals surface area contributed by atoms with Gasteiger partial charge in [-0.3, -0.25) is 14.9 Å². The molecule has 6 nitrogen and oxygen atoms in total. The summed E-state index contributed by atoms with van der Waals surface area (Å²) in [5, 5.41) is 2.63. The standard InChI is InChI=1S/C24H15BrCl2N2O4/c25-16-5-1-15(2-6-16)13-33-18-8-3-14(4-9-18)11-19-22(30)28-24(32)29(23(19)31)17-7-10-20(26)21(27)12-17/h1-12H,13H2,(H,28,30,32)/b19-11+. The highest BCUT2D eigenvalue weighted by atomic mass is 79.9. The van der Waals surface area contributed by atoms with E-state index < -0.39 is 17.8 Å². The van der Waals surface area contributed by atoms with E-state index in [9.17, 15) is 14.4 Å². The van der Waals surface area contributed by atoms with Gasteiger partial charge in [0.25, 0.3) is 11.8 Å². The van der Waals surface area contributed by atoms with Gasteiger partial charge in [0.15, 0.2) is 0 Å². The molecule has 0 bridgehead atoms. The molecular weight excluding hydrogens is 531 g/mol. The third-order valence-electron chi connectivity index (χ3n) is 4.77. The van der Waals surface area contributed by atoms with Crippen LogP contribution in [-0.4, -0.2) is 17.8 Å². The first-order valence-electron chi connectivity index (χ1n) is 9.65. The zero-order valence-corrected chi connectivity index (χ0v) is 19.9. The van der Waals surface area contributed by atoms with Gasteiger partial charge >= 0.3 is 6.03 Å². The molecular formula is C24H15BrCl2N2O4. The first-order valence-corrected chi connectivity index (χ1v) is 11.2. The molecule has 1 aliphatic rings. The summed E-state index contributed by atoms with van der Waals surface area (Å²) in [6.45, 7) is 0.398. The maximum Gasteiger partial charge on any atom is 0.335 e. The zero-order chi connectivity index (χ0) is 23.5. The van der Waals surface area contributed by atoms with E-state index in [-0.39, 0.29) is 21.3 Å². The fourth-order valence-corrected chi connectivity index (χ4v) is 3.65. The van der Waals surface area contributed by atoms with Crippen molar-refractivity contribution in [2.75, 3.05) is 4.90 Å². The molecule has 166 valence electrons. The van der Waals surface area contributed by atoms with Crippen molar-refractivity contribution in [3.05, 3.63) is 97.9 Å². The topological polar surface area (TPSA) is 75.7 Å². The van der Waals surface area contributed by atoms with E-state index in [1.807, 2.05) is 24.3 Å². The van der Waals surface area contributed by atoms with Crippen molar-refractivity contribution >= 4 is 68.7 Å². The lowest BCUT2D eigenvalue weighted by Crippen LogP contribution is -2.54. The molecule has 0 aliphatic carbocycles. The van der Waals surface area contributed by atoms with Gasteiger partial charge in [-0.2, -0.15) is 0 Å². The molecule has 3 aromatic rings. The molecule has 0 unspecified atom stereocenters. The van der Waals surface area contributed by atoms with E-state index in [0.29, 0.717) is 17.9 Å². The van der Waals surface area contributed by atoms with E-state index in [4.69, 9.17) is 27.9 Å². The van der Waals surface area contributed by atoms with Gasteiger partial charge in [-0.05, 0) is 59.7 Å². The quantitative estimate of drug-likeness (QED) is 0.315. The van der Waals surface area contributed by atoms with Gasteiger partial charge in [-0.15, -0.1) is 0 Å². The Bertz CT molecular complexity index is 1270. The highest BCUT2D eigenvalue weighted by Gasteiger charge is 2.37. The fourth-order valence-electron chi connectivity index (χ4n) is 3.09. The van der Waals surface area contributed by atoms with Gasteiger partial charge in [-0.25, -0.2) is 9.69 Å². The van der Waals surface area contributed by atoms with Gasteiger partial charge in [-0.1, -0.05) is 63.4 Å². The molecule has 4 amide bonds.